The Morgan fingerprint density at radius 3 is 2.81 bits per heavy atom. The number of ether oxygens (including phenoxy) is 1. The minimum atomic E-state index is -0.229. The van der Waals surface area contributed by atoms with Gasteiger partial charge in [0.05, 0.1) is 0 Å². The third-order valence-corrected chi connectivity index (χ3v) is 3.92. The van der Waals surface area contributed by atoms with Crippen LogP contribution in [0.5, 0.6) is 5.75 Å². The maximum atomic E-state index is 11.8. The Morgan fingerprint density at radius 1 is 1.29 bits per heavy atom. The van der Waals surface area contributed by atoms with Crippen molar-refractivity contribution in [3.63, 3.8) is 0 Å². The molecule has 1 aromatic heterocycles. The molecule has 0 aliphatic heterocycles. The first-order chi connectivity index (χ1) is 10.1. The Labute approximate surface area is 128 Å². The molecule has 0 saturated carbocycles. The minimum Gasteiger partial charge on any atom is -0.484 e. The van der Waals surface area contributed by atoms with Crippen LogP contribution in [0.3, 0.4) is 0 Å². The zero-order chi connectivity index (χ0) is 15.2. The van der Waals surface area contributed by atoms with E-state index in [2.05, 4.69) is 22.4 Å². The molecule has 2 aromatic rings. The van der Waals surface area contributed by atoms with Crippen molar-refractivity contribution in [2.45, 2.75) is 33.6 Å². The van der Waals surface area contributed by atoms with E-state index in [-0.39, 0.29) is 12.5 Å². The number of rotatable bonds is 6. The second-order valence-electron chi connectivity index (χ2n) is 4.83. The lowest BCUT2D eigenvalue weighted by Gasteiger charge is -2.07. The van der Waals surface area contributed by atoms with Gasteiger partial charge in [0.2, 0.25) is 5.13 Å². The van der Waals surface area contributed by atoms with Crippen molar-refractivity contribution in [1.29, 1.82) is 0 Å². The zero-order valence-corrected chi connectivity index (χ0v) is 13.3. The van der Waals surface area contributed by atoms with E-state index < -0.39 is 0 Å². The smallest absolute Gasteiger partial charge is 0.264 e. The van der Waals surface area contributed by atoms with E-state index in [9.17, 15) is 4.79 Å². The molecule has 0 atom stereocenters. The molecule has 1 amide bonds. The molecule has 0 spiro atoms. The molecule has 1 N–H and O–H groups in total. The fourth-order valence-electron chi connectivity index (χ4n) is 1.73. The maximum absolute atomic E-state index is 11.8. The van der Waals surface area contributed by atoms with Crippen LogP contribution in [0.2, 0.25) is 0 Å². The molecule has 5 nitrogen and oxygen atoms in total. The van der Waals surface area contributed by atoms with Crippen LogP contribution in [0, 0.1) is 13.8 Å². The predicted molar refractivity (Wildman–Crippen MR) is 83.9 cm³/mol. The van der Waals surface area contributed by atoms with Crippen molar-refractivity contribution in [2.24, 2.45) is 0 Å². The lowest BCUT2D eigenvalue weighted by Crippen LogP contribution is -2.20. The van der Waals surface area contributed by atoms with Crippen LogP contribution in [0.1, 0.15) is 29.5 Å². The minimum absolute atomic E-state index is 0.0365. The number of hydrogen-bond donors (Lipinski definition) is 1. The number of carbonyl (C=O) groups excluding carboxylic acids is 1. The molecule has 0 fully saturated rings. The number of amides is 1. The molecular weight excluding hydrogens is 286 g/mol. The molecule has 112 valence electrons. The van der Waals surface area contributed by atoms with E-state index in [0.29, 0.717) is 10.9 Å². The molecule has 6 heteroatoms. The second kappa shape index (κ2) is 7.17. The number of aromatic nitrogens is 2. The van der Waals surface area contributed by atoms with Crippen LogP contribution < -0.4 is 10.1 Å². The molecule has 0 aliphatic carbocycles. The molecule has 0 unspecified atom stereocenters. The highest BCUT2D eigenvalue weighted by Crippen LogP contribution is 2.18. The first-order valence-electron chi connectivity index (χ1n) is 6.90. The number of anilines is 1. The standard InChI is InChI=1S/C15H19N3O2S/c1-4-5-14-17-18-15(21-14)16-13(19)9-20-12-7-6-10(2)11(3)8-12/h6-8H,4-5,9H2,1-3H3,(H,16,18,19). The van der Waals surface area contributed by atoms with Gasteiger partial charge in [0.15, 0.2) is 6.61 Å². The van der Waals surface area contributed by atoms with Gasteiger partial charge in [0, 0.05) is 6.42 Å². The SMILES string of the molecule is CCCc1nnc(NC(=O)COc2ccc(C)c(C)c2)s1. The molecule has 0 aliphatic rings. The molecule has 1 aromatic carbocycles. The third kappa shape index (κ3) is 4.53. The van der Waals surface area contributed by atoms with Crippen LogP contribution in [0.15, 0.2) is 18.2 Å². The fraction of sp³-hybridized carbons (Fsp3) is 0.400. The van der Waals surface area contributed by atoms with Crippen LogP contribution in [-0.2, 0) is 11.2 Å². The Bertz CT molecular complexity index is 625. The van der Waals surface area contributed by atoms with Crippen LogP contribution in [-0.4, -0.2) is 22.7 Å². The Balaban J connectivity index is 1.85. The number of aryl methyl sites for hydroxylation is 3. The summed E-state index contributed by atoms with van der Waals surface area (Å²) in [5.41, 5.74) is 2.34. The average molecular weight is 305 g/mol. The first-order valence-corrected chi connectivity index (χ1v) is 7.72. The van der Waals surface area contributed by atoms with Crippen LogP contribution >= 0.6 is 11.3 Å². The van der Waals surface area contributed by atoms with E-state index in [1.807, 2.05) is 32.0 Å². The van der Waals surface area contributed by atoms with E-state index >= 15 is 0 Å². The Kier molecular flexibility index (Phi) is 5.27. The summed E-state index contributed by atoms with van der Waals surface area (Å²) in [6.07, 6.45) is 1.89. The molecule has 0 bridgehead atoms. The first kappa shape index (κ1) is 15.4. The van der Waals surface area contributed by atoms with Crippen molar-refractivity contribution in [2.75, 3.05) is 11.9 Å². The highest BCUT2D eigenvalue weighted by atomic mass is 32.1. The Morgan fingerprint density at radius 2 is 2.10 bits per heavy atom. The normalized spacial score (nSPS) is 10.4. The number of benzene rings is 1. The summed E-state index contributed by atoms with van der Waals surface area (Å²) in [6, 6.07) is 5.76. The van der Waals surface area contributed by atoms with Gasteiger partial charge in [0.1, 0.15) is 10.8 Å². The zero-order valence-electron chi connectivity index (χ0n) is 12.5. The second-order valence-corrected chi connectivity index (χ2v) is 5.90. The number of carbonyl (C=O) groups is 1. The van der Waals surface area contributed by atoms with Gasteiger partial charge in [0.25, 0.3) is 5.91 Å². The van der Waals surface area contributed by atoms with Crippen molar-refractivity contribution in [1.82, 2.24) is 10.2 Å². The average Bonchev–Trinajstić information content (AvgIpc) is 2.88. The monoisotopic (exact) mass is 305 g/mol. The quantitative estimate of drug-likeness (QED) is 0.890. The summed E-state index contributed by atoms with van der Waals surface area (Å²) in [6.45, 7) is 6.09. The number of hydrogen-bond acceptors (Lipinski definition) is 5. The van der Waals surface area contributed by atoms with Gasteiger partial charge in [-0.15, -0.1) is 10.2 Å². The molecule has 1 heterocycles. The van der Waals surface area contributed by atoms with Gasteiger partial charge in [-0.3, -0.25) is 10.1 Å². The van der Waals surface area contributed by atoms with E-state index in [0.717, 1.165) is 23.4 Å². The summed E-state index contributed by atoms with van der Waals surface area (Å²) in [4.78, 5) is 11.8. The molecule has 0 radical (unpaired) electrons. The van der Waals surface area contributed by atoms with Gasteiger partial charge < -0.3 is 4.74 Å². The van der Waals surface area contributed by atoms with Crippen molar-refractivity contribution in [3.05, 3.63) is 34.3 Å². The van der Waals surface area contributed by atoms with Gasteiger partial charge in [-0.2, -0.15) is 0 Å². The summed E-state index contributed by atoms with van der Waals surface area (Å²) in [5, 5.41) is 12.1. The highest BCUT2D eigenvalue weighted by molar-refractivity contribution is 7.15. The number of nitrogens with one attached hydrogen (secondary N) is 1. The van der Waals surface area contributed by atoms with Crippen molar-refractivity contribution >= 4 is 22.4 Å². The predicted octanol–water partition coefficient (Wildman–Crippen LogP) is 3.12. The summed E-state index contributed by atoms with van der Waals surface area (Å²) in [5.74, 6) is 0.463. The molecule has 2 rings (SSSR count). The summed E-state index contributed by atoms with van der Waals surface area (Å²) < 4.78 is 5.47. The van der Waals surface area contributed by atoms with Gasteiger partial charge in [-0.1, -0.05) is 24.3 Å². The molecular formula is C15H19N3O2S. The molecule has 21 heavy (non-hydrogen) atoms. The van der Waals surface area contributed by atoms with Gasteiger partial charge in [-0.05, 0) is 43.5 Å². The van der Waals surface area contributed by atoms with Crippen molar-refractivity contribution in [3.8, 4) is 5.75 Å². The topological polar surface area (TPSA) is 64.1 Å². The highest BCUT2D eigenvalue weighted by Gasteiger charge is 2.08. The summed E-state index contributed by atoms with van der Waals surface area (Å²) >= 11 is 1.40. The number of nitrogens with zero attached hydrogens (tertiary/aromatic N) is 2. The fourth-order valence-corrected chi connectivity index (χ4v) is 2.58. The summed E-state index contributed by atoms with van der Waals surface area (Å²) in [7, 11) is 0. The van der Waals surface area contributed by atoms with E-state index in [4.69, 9.17) is 4.74 Å². The van der Waals surface area contributed by atoms with Gasteiger partial charge >= 0.3 is 0 Å². The lowest BCUT2D eigenvalue weighted by atomic mass is 10.1. The van der Waals surface area contributed by atoms with Crippen LogP contribution in [0.25, 0.3) is 0 Å². The largest absolute Gasteiger partial charge is 0.484 e. The third-order valence-electron chi connectivity index (χ3n) is 3.03. The van der Waals surface area contributed by atoms with Crippen molar-refractivity contribution < 1.29 is 9.53 Å². The maximum Gasteiger partial charge on any atom is 0.264 e. The lowest BCUT2D eigenvalue weighted by molar-refractivity contribution is -0.118. The van der Waals surface area contributed by atoms with E-state index in [1.54, 1.807) is 0 Å². The van der Waals surface area contributed by atoms with E-state index in [1.165, 1.54) is 16.9 Å². The van der Waals surface area contributed by atoms with Gasteiger partial charge in [-0.25, -0.2) is 0 Å². The van der Waals surface area contributed by atoms with Crippen LogP contribution in [0.4, 0.5) is 5.13 Å². The Hall–Kier alpha value is -1.95. The molecule has 0 saturated heterocycles.